The molecule has 1 nitrogen and oxygen atoms in total. The van der Waals surface area contributed by atoms with Gasteiger partial charge in [0, 0.05) is 18.4 Å². The molecule has 0 bridgehead atoms. The molecule has 0 saturated carbocycles. The van der Waals surface area contributed by atoms with Gasteiger partial charge in [-0.1, -0.05) is 54.7 Å². The highest BCUT2D eigenvalue weighted by Crippen LogP contribution is 2.43. The van der Waals surface area contributed by atoms with Crippen LogP contribution in [0, 0.1) is 23.7 Å². The maximum atomic E-state index is 9.63. The van der Waals surface area contributed by atoms with Gasteiger partial charge in [0.15, 0.2) is 0 Å². The van der Waals surface area contributed by atoms with Crippen molar-refractivity contribution in [1.82, 2.24) is 0 Å². The minimum atomic E-state index is 0.263. The van der Waals surface area contributed by atoms with Gasteiger partial charge in [0.2, 0.25) is 0 Å². The van der Waals surface area contributed by atoms with E-state index in [1.165, 1.54) is 5.57 Å². The zero-order valence-electron chi connectivity index (χ0n) is 9.16. The van der Waals surface area contributed by atoms with Crippen LogP contribution in [0.5, 0.6) is 0 Å². The molecule has 0 aromatic heterocycles. The van der Waals surface area contributed by atoms with Gasteiger partial charge in [0.1, 0.15) is 0 Å². The number of hydrogen-bond donors (Lipinski definition) is 1. The van der Waals surface area contributed by atoms with Gasteiger partial charge < -0.3 is 5.11 Å². The predicted octanol–water partition coefficient (Wildman–Crippen LogP) is 2.64. The summed E-state index contributed by atoms with van der Waals surface area (Å²) in [5.41, 5.74) is 1.36. The average molecular weight is 212 g/mol. The molecule has 1 N–H and O–H groups in total. The summed E-state index contributed by atoms with van der Waals surface area (Å²) in [7, 11) is 0. The van der Waals surface area contributed by atoms with E-state index in [0.29, 0.717) is 23.7 Å². The summed E-state index contributed by atoms with van der Waals surface area (Å²) in [6.07, 6.45) is 19.6. The Morgan fingerprint density at radius 3 is 2.69 bits per heavy atom. The Bertz CT molecular complexity index is 423. The molecule has 3 aliphatic rings. The first kappa shape index (κ1) is 9.86. The number of fused-ring (bicyclic) bond motifs is 2. The van der Waals surface area contributed by atoms with Crippen LogP contribution in [0.25, 0.3) is 0 Å². The largest absolute Gasteiger partial charge is 0.396 e. The summed E-state index contributed by atoms with van der Waals surface area (Å²) in [4.78, 5) is 0. The Morgan fingerprint density at radius 2 is 1.81 bits per heavy atom. The van der Waals surface area contributed by atoms with Gasteiger partial charge in [-0.2, -0.15) is 0 Å². The lowest BCUT2D eigenvalue weighted by molar-refractivity contribution is 0.150. The van der Waals surface area contributed by atoms with Crippen LogP contribution in [0.15, 0.2) is 60.3 Å². The Labute approximate surface area is 96.2 Å². The van der Waals surface area contributed by atoms with Gasteiger partial charge in [-0.15, -0.1) is 0 Å². The van der Waals surface area contributed by atoms with E-state index in [-0.39, 0.29) is 6.61 Å². The Hall–Kier alpha value is -1.34. The number of aliphatic hydroxyl groups is 1. The molecule has 0 fully saturated rings. The highest BCUT2D eigenvalue weighted by Gasteiger charge is 2.36. The van der Waals surface area contributed by atoms with Gasteiger partial charge in [-0.05, 0) is 17.4 Å². The standard InChI is InChI=1S/C15H16O/c16-10-15-13-7-3-1-5-11(13)9-12-6-2-4-8-14(12)15/h1-9,11,13-16H,10H2. The quantitative estimate of drug-likeness (QED) is 0.708. The normalized spacial score (nSPS) is 39.2. The van der Waals surface area contributed by atoms with Crippen molar-refractivity contribution in [2.45, 2.75) is 0 Å². The first-order valence-corrected chi connectivity index (χ1v) is 5.92. The number of allylic oxidation sites excluding steroid dienone is 10. The van der Waals surface area contributed by atoms with Crippen LogP contribution in [-0.4, -0.2) is 11.7 Å². The van der Waals surface area contributed by atoms with Crippen LogP contribution in [0.1, 0.15) is 0 Å². The van der Waals surface area contributed by atoms with E-state index in [1.54, 1.807) is 0 Å². The van der Waals surface area contributed by atoms with Crippen molar-refractivity contribution in [3.05, 3.63) is 60.3 Å². The van der Waals surface area contributed by atoms with Crippen molar-refractivity contribution in [3.8, 4) is 0 Å². The van der Waals surface area contributed by atoms with E-state index in [4.69, 9.17) is 0 Å². The number of hydrogen-bond acceptors (Lipinski definition) is 1. The summed E-state index contributed by atoms with van der Waals surface area (Å²) in [6, 6.07) is 0. The van der Waals surface area contributed by atoms with Gasteiger partial charge in [0.05, 0.1) is 0 Å². The molecule has 0 heterocycles. The van der Waals surface area contributed by atoms with E-state index in [1.807, 2.05) is 0 Å². The molecule has 4 unspecified atom stereocenters. The lowest BCUT2D eigenvalue weighted by Gasteiger charge is -2.39. The molecule has 0 saturated heterocycles. The fourth-order valence-electron chi connectivity index (χ4n) is 3.06. The molecule has 3 aliphatic carbocycles. The third kappa shape index (κ3) is 1.43. The first-order chi connectivity index (χ1) is 7.90. The molecule has 3 rings (SSSR count). The van der Waals surface area contributed by atoms with E-state index in [0.717, 1.165) is 0 Å². The van der Waals surface area contributed by atoms with Gasteiger partial charge in [-0.25, -0.2) is 0 Å². The van der Waals surface area contributed by atoms with Crippen molar-refractivity contribution >= 4 is 0 Å². The van der Waals surface area contributed by atoms with E-state index in [9.17, 15) is 5.11 Å². The zero-order valence-corrected chi connectivity index (χ0v) is 9.16. The highest BCUT2D eigenvalue weighted by atomic mass is 16.3. The second kappa shape index (κ2) is 3.91. The molecular formula is C15H16O. The molecule has 4 atom stereocenters. The topological polar surface area (TPSA) is 20.2 Å². The van der Waals surface area contributed by atoms with E-state index in [2.05, 4.69) is 54.7 Å². The van der Waals surface area contributed by atoms with Crippen LogP contribution in [0.2, 0.25) is 0 Å². The summed E-state index contributed by atoms with van der Waals surface area (Å²) < 4.78 is 0. The average Bonchev–Trinajstić information content (AvgIpc) is 2.36. The van der Waals surface area contributed by atoms with Crippen molar-refractivity contribution < 1.29 is 5.11 Å². The molecule has 0 spiro atoms. The van der Waals surface area contributed by atoms with Crippen LogP contribution in [0.3, 0.4) is 0 Å². The molecule has 16 heavy (non-hydrogen) atoms. The van der Waals surface area contributed by atoms with Crippen molar-refractivity contribution in [3.63, 3.8) is 0 Å². The smallest absolute Gasteiger partial charge is 0.0474 e. The Morgan fingerprint density at radius 1 is 1.00 bits per heavy atom. The van der Waals surface area contributed by atoms with Crippen LogP contribution in [-0.2, 0) is 0 Å². The number of aliphatic hydroxyl groups excluding tert-OH is 1. The molecule has 0 aromatic carbocycles. The molecule has 82 valence electrons. The number of rotatable bonds is 1. The van der Waals surface area contributed by atoms with E-state index >= 15 is 0 Å². The van der Waals surface area contributed by atoms with Gasteiger partial charge >= 0.3 is 0 Å². The predicted molar refractivity (Wildman–Crippen MR) is 65.7 cm³/mol. The monoisotopic (exact) mass is 212 g/mol. The van der Waals surface area contributed by atoms with Crippen LogP contribution >= 0.6 is 0 Å². The van der Waals surface area contributed by atoms with Gasteiger partial charge in [0.25, 0.3) is 0 Å². The maximum absolute atomic E-state index is 9.63. The summed E-state index contributed by atoms with van der Waals surface area (Å²) in [5, 5.41) is 9.63. The maximum Gasteiger partial charge on any atom is 0.0474 e. The third-order valence-electron chi connectivity index (χ3n) is 3.88. The second-order valence-electron chi connectivity index (χ2n) is 4.71. The van der Waals surface area contributed by atoms with Crippen molar-refractivity contribution in [1.29, 1.82) is 0 Å². The molecule has 0 radical (unpaired) electrons. The fraction of sp³-hybridized carbons (Fsp3) is 0.333. The van der Waals surface area contributed by atoms with Gasteiger partial charge in [-0.3, -0.25) is 0 Å². The molecule has 0 aliphatic heterocycles. The lowest BCUT2D eigenvalue weighted by atomic mass is 9.65. The van der Waals surface area contributed by atoms with Crippen LogP contribution < -0.4 is 0 Å². The van der Waals surface area contributed by atoms with Crippen molar-refractivity contribution in [2.75, 3.05) is 6.61 Å². The van der Waals surface area contributed by atoms with E-state index < -0.39 is 0 Å². The lowest BCUT2D eigenvalue weighted by Crippen LogP contribution is -2.34. The molecular weight excluding hydrogens is 196 g/mol. The van der Waals surface area contributed by atoms with Crippen molar-refractivity contribution in [2.24, 2.45) is 23.7 Å². The molecule has 0 aromatic rings. The zero-order chi connectivity index (χ0) is 11.0. The molecule has 1 heteroatoms. The summed E-state index contributed by atoms with van der Waals surface area (Å²) >= 11 is 0. The first-order valence-electron chi connectivity index (χ1n) is 5.92. The highest BCUT2D eigenvalue weighted by molar-refractivity contribution is 5.39. The fourth-order valence-corrected chi connectivity index (χ4v) is 3.06. The Kier molecular flexibility index (Phi) is 2.41. The molecule has 0 amide bonds. The summed E-state index contributed by atoms with van der Waals surface area (Å²) in [5.74, 6) is 1.64. The minimum absolute atomic E-state index is 0.263. The SMILES string of the molecule is OCC1C2C=CC=CC2=CC2C=CC=CC21. The second-order valence-corrected chi connectivity index (χ2v) is 4.71. The van der Waals surface area contributed by atoms with Crippen LogP contribution in [0.4, 0.5) is 0 Å². The minimum Gasteiger partial charge on any atom is -0.396 e. The third-order valence-corrected chi connectivity index (χ3v) is 3.88. The Balaban J connectivity index is 2.03. The summed E-state index contributed by atoms with van der Waals surface area (Å²) in [6.45, 7) is 0.263.